The van der Waals surface area contributed by atoms with Gasteiger partial charge in [-0.2, -0.15) is 0 Å². The van der Waals surface area contributed by atoms with Crippen molar-refractivity contribution in [1.82, 2.24) is 0 Å². The number of ketones is 1. The van der Waals surface area contributed by atoms with Crippen molar-refractivity contribution in [2.24, 2.45) is 0 Å². The van der Waals surface area contributed by atoms with Gasteiger partial charge in [0.1, 0.15) is 6.10 Å². The molecule has 180 valence electrons. The number of hydrogen-bond acceptors (Lipinski definition) is 7. The normalized spacial score (nSPS) is 15.9. The zero-order valence-electron chi connectivity index (χ0n) is 19.1. The minimum absolute atomic E-state index is 0.220. The number of sulfonamides is 1. The summed E-state index contributed by atoms with van der Waals surface area (Å²) in [6.45, 7) is 1.46. The summed E-state index contributed by atoms with van der Waals surface area (Å²) in [4.78, 5) is 37.9. The van der Waals surface area contributed by atoms with Crippen LogP contribution in [0.5, 0.6) is 0 Å². The molecule has 0 fully saturated rings. The Bertz CT molecular complexity index is 1380. The molecule has 1 heterocycles. The van der Waals surface area contributed by atoms with Crippen LogP contribution < -0.4 is 4.72 Å². The number of Topliss-reactive ketones (excluding diaryl/α,β-unsaturated/α-hetero) is 1. The van der Waals surface area contributed by atoms with E-state index < -0.39 is 40.0 Å². The molecule has 0 spiro atoms. The maximum absolute atomic E-state index is 12.8. The number of cyclic esters (lactones) is 1. The molecule has 0 bridgehead atoms. The first-order valence-electron chi connectivity index (χ1n) is 10.8. The lowest BCUT2D eigenvalue weighted by Gasteiger charge is -2.25. The third-order valence-electron chi connectivity index (χ3n) is 5.51. The molecule has 2 unspecified atom stereocenters. The van der Waals surface area contributed by atoms with Crippen molar-refractivity contribution >= 4 is 33.4 Å². The Morgan fingerprint density at radius 1 is 1.00 bits per heavy atom. The molecular weight excluding hydrogens is 470 g/mol. The third-order valence-corrected chi connectivity index (χ3v) is 6.12. The van der Waals surface area contributed by atoms with E-state index in [1.54, 1.807) is 6.07 Å². The molecular formula is C26H23NO7S. The number of fused-ring (bicyclic) bond motifs is 1. The van der Waals surface area contributed by atoms with E-state index >= 15 is 0 Å². The van der Waals surface area contributed by atoms with Crippen molar-refractivity contribution in [3.8, 4) is 0 Å². The summed E-state index contributed by atoms with van der Waals surface area (Å²) >= 11 is 0. The molecule has 4 rings (SSSR count). The van der Waals surface area contributed by atoms with Gasteiger partial charge >= 0.3 is 11.9 Å². The number of ether oxygens (including phenoxy) is 2. The van der Waals surface area contributed by atoms with E-state index in [1.807, 2.05) is 30.3 Å². The fraction of sp³-hybridized carbons (Fsp3) is 0.192. The number of benzene rings is 3. The number of carbonyl (C=O) groups is 3. The van der Waals surface area contributed by atoms with Crippen molar-refractivity contribution in [3.05, 3.63) is 101 Å². The summed E-state index contributed by atoms with van der Waals surface area (Å²) in [5, 5.41) is 0. The molecule has 3 aromatic rings. The second-order valence-electron chi connectivity index (χ2n) is 8.24. The van der Waals surface area contributed by atoms with Crippen LogP contribution in [0.25, 0.3) is 0 Å². The van der Waals surface area contributed by atoms with Crippen LogP contribution in [0.1, 0.15) is 55.2 Å². The minimum Gasteiger partial charge on any atom is -0.454 e. The summed E-state index contributed by atoms with van der Waals surface area (Å²) < 4.78 is 35.9. The molecule has 2 atom stereocenters. The highest BCUT2D eigenvalue weighted by atomic mass is 32.2. The topological polar surface area (TPSA) is 116 Å². The largest absolute Gasteiger partial charge is 0.454 e. The van der Waals surface area contributed by atoms with Crippen LogP contribution in [-0.4, -0.2) is 38.5 Å². The molecule has 0 amide bonds. The van der Waals surface area contributed by atoms with Crippen LogP contribution >= 0.6 is 0 Å². The van der Waals surface area contributed by atoms with Crippen molar-refractivity contribution < 1.29 is 32.3 Å². The SMILES string of the molecule is CC(OC(=O)c1ccc2c(c1)CC(c1ccccc1)OC2=O)C(=O)c1ccc(NS(C)(=O)=O)cc1. The fourth-order valence-corrected chi connectivity index (χ4v) is 4.37. The number of carbonyl (C=O) groups excluding carboxylic acids is 3. The number of esters is 2. The average Bonchev–Trinajstić information content (AvgIpc) is 2.83. The number of nitrogens with one attached hydrogen (secondary N) is 1. The molecule has 3 aromatic carbocycles. The van der Waals surface area contributed by atoms with Gasteiger partial charge in [0.25, 0.3) is 0 Å². The Kier molecular flexibility index (Phi) is 6.70. The van der Waals surface area contributed by atoms with Crippen LogP contribution in [0.3, 0.4) is 0 Å². The Labute approximate surface area is 202 Å². The fourth-order valence-electron chi connectivity index (χ4n) is 3.81. The van der Waals surface area contributed by atoms with Gasteiger partial charge in [0.2, 0.25) is 15.8 Å². The van der Waals surface area contributed by atoms with Gasteiger partial charge in [0, 0.05) is 17.7 Å². The zero-order chi connectivity index (χ0) is 25.2. The van der Waals surface area contributed by atoms with Gasteiger partial charge in [0.05, 0.1) is 17.4 Å². The lowest BCUT2D eigenvalue weighted by atomic mass is 9.93. The molecule has 0 radical (unpaired) electrons. The Hall–Kier alpha value is -3.98. The van der Waals surface area contributed by atoms with E-state index in [0.717, 1.165) is 11.8 Å². The molecule has 9 heteroatoms. The van der Waals surface area contributed by atoms with E-state index in [0.29, 0.717) is 23.2 Å². The molecule has 35 heavy (non-hydrogen) atoms. The monoisotopic (exact) mass is 493 g/mol. The van der Waals surface area contributed by atoms with Crippen LogP contribution in [0.4, 0.5) is 5.69 Å². The van der Waals surface area contributed by atoms with Gasteiger partial charge < -0.3 is 9.47 Å². The standard InChI is InChI=1S/C26H23NO7S/c1-16(24(28)18-8-11-21(12-9-18)27-35(2,31)32)33-25(29)19-10-13-22-20(14-19)15-23(34-26(22)30)17-6-4-3-5-7-17/h3-14,16,23,27H,15H2,1-2H3. The summed E-state index contributed by atoms with van der Waals surface area (Å²) in [6, 6.07) is 19.7. The maximum Gasteiger partial charge on any atom is 0.339 e. The molecule has 0 aliphatic carbocycles. The quantitative estimate of drug-likeness (QED) is 0.391. The van der Waals surface area contributed by atoms with Gasteiger partial charge in [-0.15, -0.1) is 0 Å². The van der Waals surface area contributed by atoms with Gasteiger partial charge in [-0.3, -0.25) is 9.52 Å². The highest BCUT2D eigenvalue weighted by Crippen LogP contribution is 2.31. The highest BCUT2D eigenvalue weighted by Gasteiger charge is 2.29. The molecule has 8 nitrogen and oxygen atoms in total. The van der Waals surface area contributed by atoms with Crippen molar-refractivity contribution in [3.63, 3.8) is 0 Å². The van der Waals surface area contributed by atoms with E-state index in [2.05, 4.69) is 4.72 Å². The zero-order valence-corrected chi connectivity index (χ0v) is 19.9. The smallest absolute Gasteiger partial charge is 0.339 e. The maximum atomic E-state index is 12.8. The van der Waals surface area contributed by atoms with Gasteiger partial charge in [-0.25, -0.2) is 18.0 Å². The van der Waals surface area contributed by atoms with Gasteiger partial charge in [0.15, 0.2) is 6.10 Å². The Morgan fingerprint density at radius 3 is 2.31 bits per heavy atom. The van der Waals surface area contributed by atoms with Crippen LogP contribution in [0, 0.1) is 0 Å². The van der Waals surface area contributed by atoms with Crippen LogP contribution in [0.15, 0.2) is 72.8 Å². The van der Waals surface area contributed by atoms with Crippen LogP contribution in [0.2, 0.25) is 0 Å². The second kappa shape index (κ2) is 9.71. The number of hydrogen-bond donors (Lipinski definition) is 1. The van der Waals surface area contributed by atoms with Crippen LogP contribution in [-0.2, 0) is 25.9 Å². The molecule has 1 aliphatic heterocycles. The number of anilines is 1. The van der Waals surface area contributed by atoms with E-state index in [4.69, 9.17) is 9.47 Å². The molecule has 0 aromatic heterocycles. The third kappa shape index (κ3) is 5.75. The first-order chi connectivity index (χ1) is 16.6. The van der Waals surface area contributed by atoms with Crippen molar-refractivity contribution in [1.29, 1.82) is 0 Å². The Morgan fingerprint density at radius 2 is 1.66 bits per heavy atom. The summed E-state index contributed by atoms with van der Waals surface area (Å²) in [6.07, 6.45) is -0.0921. The first-order valence-corrected chi connectivity index (χ1v) is 12.7. The summed E-state index contributed by atoms with van der Waals surface area (Å²) in [5.74, 6) is -1.59. The number of rotatable bonds is 7. The predicted molar refractivity (Wildman–Crippen MR) is 129 cm³/mol. The molecule has 1 N–H and O–H groups in total. The van der Waals surface area contributed by atoms with Gasteiger partial charge in [-0.1, -0.05) is 30.3 Å². The highest BCUT2D eigenvalue weighted by molar-refractivity contribution is 7.92. The van der Waals surface area contributed by atoms with Gasteiger partial charge in [-0.05, 0) is 60.5 Å². The lowest BCUT2D eigenvalue weighted by molar-refractivity contribution is 0.0249. The lowest BCUT2D eigenvalue weighted by Crippen LogP contribution is -2.25. The molecule has 0 saturated carbocycles. The summed E-state index contributed by atoms with van der Waals surface area (Å²) in [5.41, 5.74) is 2.71. The van der Waals surface area contributed by atoms with Crippen molar-refractivity contribution in [2.45, 2.75) is 25.6 Å². The second-order valence-corrected chi connectivity index (χ2v) is 9.99. The Balaban J connectivity index is 1.45. The minimum atomic E-state index is -3.44. The van der Waals surface area contributed by atoms with Crippen molar-refractivity contribution in [2.75, 3.05) is 11.0 Å². The van der Waals surface area contributed by atoms with E-state index in [-0.39, 0.29) is 11.1 Å². The molecule has 0 saturated heterocycles. The average molecular weight is 494 g/mol. The van der Waals surface area contributed by atoms with E-state index in [9.17, 15) is 22.8 Å². The molecule has 1 aliphatic rings. The summed E-state index contributed by atoms with van der Waals surface area (Å²) in [7, 11) is -3.44. The first kappa shape index (κ1) is 24.2. The predicted octanol–water partition coefficient (Wildman–Crippen LogP) is 3.94. The van der Waals surface area contributed by atoms with E-state index in [1.165, 1.54) is 43.3 Å².